The first-order valence-electron chi connectivity index (χ1n) is 8.16. The number of hydrogen-bond acceptors (Lipinski definition) is 4. The molecule has 1 N–H and O–H groups in total. The first-order chi connectivity index (χ1) is 10.8. The third-order valence-electron chi connectivity index (χ3n) is 4.37. The number of allylic oxidation sites excluding steroid dienone is 1. The molecule has 1 fully saturated rings. The van der Waals surface area contributed by atoms with Gasteiger partial charge in [-0.1, -0.05) is 50.1 Å². The lowest BCUT2D eigenvalue weighted by molar-refractivity contribution is -1.92. The maximum absolute atomic E-state index is 8.60. The fourth-order valence-corrected chi connectivity index (χ4v) is 3.29. The van der Waals surface area contributed by atoms with Gasteiger partial charge in [-0.2, -0.15) is 14.0 Å². The van der Waals surface area contributed by atoms with Crippen LogP contribution in [0.2, 0.25) is 0 Å². The van der Waals surface area contributed by atoms with Crippen molar-refractivity contribution in [1.29, 1.82) is 0 Å². The Kier molecular flexibility index (Phi) is 8.81. The topological polar surface area (TPSA) is 89.4 Å². The molecule has 0 unspecified atom stereocenters. The predicted molar refractivity (Wildman–Crippen MR) is 82.2 cm³/mol. The zero-order valence-corrected chi connectivity index (χ0v) is 14.5. The van der Waals surface area contributed by atoms with Gasteiger partial charge in [0.2, 0.25) is 0 Å². The Morgan fingerprint density at radius 3 is 2.09 bits per heavy atom. The number of benzene rings is 1. The van der Waals surface area contributed by atoms with Crippen molar-refractivity contribution in [3.8, 4) is 0 Å². The van der Waals surface area contributed by atoms with Crippen LogP contribution in [0, 0.1) is 16.2 Å². The molecule has 0 bridgehead atoms. The molecule has 2 rings (SSSR count). The highest BCUT2D eigenvalue weighted by Crippen LogP contribution is 2.37. The SMILES string of the molecule is C=CCc1ccc([C@H]2CC[C@H](CCC)CC2)cc1.[O-][Cl+3]([O-])([O-])O. The van der Waals surface area contributed by atoms with E-state index in [0.717, 1.165) is 18.3 Å². The molecule has 5 heteroatoms. The summed E-state index contributed by atoms with van der Waals surface area (Å²) in [5.41, 5.74) is 2.94. The third kappa shape index (κ3) is 9.08. The molecule has 0 atom stereocenters. The van der Waals surface area contributed by atoms with Gasteiger partial charge in [0.15, 0.2) is 0 Å². The maximum Gasteiger partial charge on any atom is 0.0777 e. The second kappa shape index (κ2) is 10.1. The standard InChI is InChI=1S/C18H26.ClHO4/c1-3-5-15-7-11-17(12-8-15)18-13-9-16(6-4-2)10-14-18;2-1(3,4)5/h3,7-8,11-12,16,18H,1,4-6,9-10,13-14H2,2H3;(H,2,3,4,5)/t16-,18-;. The van der Waals surface area contributed by atoms with Crippen molar-refractivity contribution < 1.29 is 28.9 Å². The lowest BCUT2D eigenvalue weighted by Crippen LogP contribution is -2.58. The molecule has 1 aliphatic carbocycles. The van der Waals surface area contributed by atoms with Gasteiger partial charge in [-0.05, 0) is 55.1 Å². The normalized spacial score (nSPS) is 21.3. The summed E-state index contributed by atoms with van der Waals surface area (Å²) in [4.78, 5) is 0. The van der Waals surface area contributed by atoms with E-state index in [1.165, 1.54) is 44.1 Å². The largest absolute Gasteiger partial charge is 0.183 e. The lowest BCUT2D eigenvalue weighted by Gasteiger charge is -2.28. The summed E-state index contributed by atoms with van der Waals surface area (Å²) in [5.74, 6) is 1.82. The van der Waals surface area contributed by atoms with Crippen LogP contribution in [0.5, 0.6) is 0 Å². The minimum atomic E-state index is -4.69. The molecule has 0 radical (unpaired) electrons. The molecule has 1 aromatic rings. The molecular weight excluding hydrogens is 316 g/mol. The monoisotopic (exact) mass is 342 g/mol. The summed E-state index contributed by atoms with van der Waals surface area (Å²) < 4.78 is 32.7. The summed E-state index contributed by atoms with van der Waals surface area (Å²) in [6, 6.07) is 9.22. The minimum Gasteiger partial charge on any atom is -0.183 e. The first kappa shape index (κ1) is 20.1. The average Bonchev–Trinajstić information content (AvgIpc) is 2.48. The number of rotatable bonds is 5. The molecule has 4 nitrogen and oxygen atoms in total. The molecule has 0 aliphatic heterocycles. The van der Waals surface area contributed by atoms with Crippen molar-refractivity contribution >= 4 is 0 Å². The quantitative estimate of drug-likeness (QED) is 0.818. The lowest BCUT2D eigenvalue weighted by atomic mass is 9.77. The summed E-state index contributed by atoms with van der Waals surface area (Å²) in [6.07, 6.45) is 11.4. The molecule has 0 saturated heterocycles. The van der Waals surface area contributed by atoms with Crippen LogP contribution in [-0.4, -0.2) is 4.66 Å². The van der Waals surface area contributed by atoms with E-state index in [-0.39, 0.29) is 0 Å². The summed E-state index contributed by atoms with van der Waals surface area (Å²) >= 11 is 0. The Morgan fingerprint density at radius 2 is 1.65 bits per heavy atom. The van der Waals surface area contributed by atoms with Crippen molar-refractivity contribution in [3.63, 3.8) is 0 Å². The Hall–Kier alpha value is -0.910. The summed E-state index contributed by atoms with van der Waals surface area (Å²) in [6.45, 7) is 6.10. The third-order valence-corrected chi connectivity index (χ3v) is 4.37. The molecule has 0 spiro atoms. The summed E-state index contributed by atoms with van der Waals surface area (Å²) in [5, 5.41) is 0. The van der Waals surface area contributed by atoms with Crippen LogP contribution in [0.25, 0.3) is 0 Å². The molecule has 130 valence electrons. The van der Waals surface area contributed by atoms with Crippen LogP contribution in [0.15, 0.2) is 36.9 Å². The van der Waals surface area contributed by atoms with Gasteiger partial charge in [-0.15, -0.1) is 6.58 Å². The van der Waals surface area contributed by atoms with Crippen LogP contribution < -0.4 is 14.0 Å². The molecule has 1 aromatic carbocycles. The van der Waals surface area contributed by atoms with Crippen LogP contribution in [0.1, 0.15) is 62.5 Å². The van der Waals surface area contributed by atoms with Crippen LogP contribution in [0.4, 0.5) is 0 Å². The highest BCUT2D eigenvalue weighted by Gasteiger charge is 2.21. The number of hydrogen-bond donors (Lipinski definition) is 1. The highest BCUT2D eigenvalue weighted by molar-refractivity contribution is 5.26. The fraction of sp³-hybridized carbons (Fsp3) is 0.556. The van der Waals surface area contributed by atoms with Crippen molar-refractivity contribution in [3.05, 3.63) is 48.0 Å². The Morgan fingerprint density at radius 1 is 1.13 bits per heavy atom. The van der Waals surface area contributed by atoms with Gasteiger partial charge in [0.1, 0.15) is 0 Å². The average molecular weight is 343 g/mol. The molecule has 0 amide bonds. The second-order valence-electron chi connectivity index (χ2n) is 6.14. The number of halogens is 1. The molecule has 0 aromatic heterocycles. The van der Waals surface area contributed by atoms with Crippen LogP contribution in [-0.2, 0) is 6.42 Å². The van der Waals surface area contributed by atoms with Crippen molar-refractivity contribution in [2.24, 2.45) is 5.92 Å². The zero-order chi connectivity index (χ0) is 17.3. The van der Waals surface area contributed by atoms with E-state index in [2.05, 4.69) is 37.8 Å². The molecule has 23 heavy (non-hydrogen) atoms. The first-order valence-corrected chi connectivity index (χ1v) is 9.42. The van der Waals surface area contributed by atoms with Gasteiger partial charge in [-0.25, -0.2) is 0 Å². The highest BCUT2D eigenvalue weighted by atomic mass is 35.7. The smallest absolute Gasteiger partial charge is 0.0777 e. The van der Waals surface area contributed by atoms with Gasteiger partial charge >= 0.3 is 0 Å². The van der Waals surface area contributed by atoms with E-state index in [9.17, 15) is 0 Å². The fourth-order valence-electron chi connectivity index (χ4n) is 3.29. The predicted octanol–water partition coefficient (Wildman–Crippen LogP) is 1.36. The Balaban J connectivity index is 0.000000463. The van der Waals surface area contributed by atoms with Crippen LogP contribution >= 0.6 is 0 Å². The molecule has 1 saturated carbocycles. The van der Waals surface area contributed by atoms with Crippen LogP contribution in [0.3, 0.4) is 0 Å². The Labute approximate surface area is 141 Å². The summed E-state index contributed by atoms with van der Waals surface area (Å²) in [7, 11) is -4.69. The van der Waals surface area contributed by atoms with E-state index >= 15 is 0 Å². The van der Waals surface area contributed by atoms with Gasteiger partial charge in [-0.3, -0.25) is 0 Å². The molecule has 1 aliphatic rings. The van der Waals surface area contributed by atoms with Crippen molar-refractivity contribution in [2.45, 2.75) is 57.8 Å². The van der Waals surface area contributed by atoms with E-state index in [1.807, 2.05) is 6.08 Å². The van der Waals surface area contributed by atoms with Crippen molar-refractivity contribution in [2.75, 3.05) is 0 Å². The van der Waals surface area contributed by atoms with Gasteiger partial charge in [0.05, 0.1) is 14.9 Å². The second-order valence-corrected chi connectivity index (χ2v) is 6.93. The van der Waals surface area contributed by atoms with Gasteiger partial charge in [0.25, 0.3) is 0 Å². The van der Waals surface area contributed by atoms with E-state index < -0.39 is 10.2 Å². The minimum absolute atomic E-state index is 0.816. The van der Waals surface area contributed by atoms with E-state index in [4.69, 9.17) is 18.6 Å². The maximum atomic E-state index is 8.60. The van der Waals surface area contributed by atoms with Gasteiger partial charge < -0.3 is 0 Å². The molecular formula is C18H27ClO4. The zero-order valence-electron chi connectivity index (χ0n) is 13.7. The van der Waals surface area contributed by atoms with Crippen molar-refractivity contribution in [1.82, 2.24) is 0 Å². The van der Waals surface area contributed by atoms with E-state index in [0.29, 0.717) is 0 Å². The van der Waals surface area contributed by atoms with Gasteiger partial charge in [0, 0.05) is 0 Å². The Bertz CT molecular complexity index is 439. The molecule has 0 heterocycles. The van der Waals surface area contributed by atoms with E-state index in [1.54, 1.807) is 5.56 Å².